The number of hydrogen-bond donors (Lipinski definition) is 1. The van der Waals surface area contributed by atoms with Crippen LogP contribution >= 0.6 is 0 Å². The van der Waals surface area contributed by atoms with Gasteiger partial charge in [-0.15, -0.1) is 0 Å². The molecule has 0 bridgehead atoms. The highest BCUT2D eigenvalue weighted by Crippen LogP contribution is 2.19. The normalized spacial score (nSPS) is 12.6. The quantitative estimate of drug-likeness (QED) is 0.0373. The maximum atomic E-state index is 12.4. The average Bonchev–Trinajstić information content (AvgIpc) is 3.54. The summed E-state index contributed by atoms with van der Waals surface area (Å²) in [7, 11) is 0. The van der Waals surface area contributed by atoms with E-state index in [9.17, 15) is 14.7 Å². The van der Waals surface area contributed by atoms with Crippen LogP contribution in [0.5, 0.6) is 0 Å². The fraction of sp³-hybridized carbons (Fsp3) is 0.807. The number of aliphatic hydroxyl groups is 1. The van der Waals surface area contributed by atoms with Gasteiger partial charge in [0.25, 0.3) is 0 Å². The Morgan fingerprint density at radius 3 is 0.739 bits per heavy atom. The molecule has 1 unspecified atom stereocenters. The number of rotatable bonds is 73. The molecule has 0 saturated heterocycles. The van der Waals surface area contributed by atoms with Crippen molar-refractivity contribution in [2.24, 2.45) is 0 Å². The van der Waals surface area contributed by atoms with Crippen LogP contribution in [0.2, 0.25) is 0 Å². The Balaban J connectivity index is 3.38. The van der Waals surface area contributed by atoms with Gasteiger partial charge in [0.2, 0.25) is 0 Å². The Bertz CT molecular complexity index is 1580. The number of ether oxygens (including phenoxy) is 2. The monoisotopic (exact) mass is 1230 g/mol. The number of esters is 2. The summed E-state index contributed by atoms with van der Waals surface area (Å²) in [5.74, 6) is -0.568. The standard InChI is InChI=1S/C83H150O5/c1-3-5-7-9-11-13-15-17-19-21-23-25-27-29-31-33-35-37-39-40-41-42-44-45-47-49-51-53-55-57-59-61-63-65-67-69-71-73-75-77-82(85)87-80-81(79-84)88-83(86)78-76-74-72-70-68-66-64-62-60-58-56-54-52-50-48-46-43-38-36-34-32-30-28-26-24-22-20-18-16-14-12-10-8-6-4-2/h6,8,12,14-15,17-18,20-21,23-24,26-27,29,81,84H,3-5,7,9-11,13,16,19,22,25,28,30-80H2,1-2H3/b8-6-,14-12-,17-15-,20-18-,23-21-,26-24-,29-27-. The molecule has 0 aromatic carbocycles. The van der Waals surface area contributed by atoms with Crippen LogP contribution in [0.15, 0.2) is 85.1 Å². The van der Waals surface area contributed by atoms with Gasteiger partial charge in [0, 0.05) is 12.8 Å². The number of unbranched alkanes of at least 4 members (excludes halogenated alkanes) is 51. The van der Waals surface area contributed by atoms with Crippen molar-refractivity contribution in [2.75, 3.05) is 13.2 Å². The minimum absolute atomic E-state index is 0.0613. The molecule has 0 aliphatic carbocycles. The molecule has 0 saturated carbocycles. The van der Waals surface area contributed by atoms with E-state index in [-0.39, 0.29) is 25.2 Å². The molecule has 0 rings (SSSR count). The largest absolute Gasteiger partial charge is 0.462 e. The molecule has 0 heterocycles. The molecule has 0 radical (unpaired) electrons. The summed E-state index contributed by atoms with van der Waals surface area (Å²) in [4.78, 5) is 24.7. The first-order valence-electron chi connectivity index (χ1n) is 39.1. The lowest BCUT2D eigenvalue weighted by Gasteiger charge is -2.15. The smallest absolute Gasteiger partial charge is 0.306 e. The van der Waals surface area contributed by atoms with Gasteiger partial charge in [-0.25, -0.2) is 0 Å². The summed E-state index contributed by atoms with van der Waals surface area (Å²) < 4.78 is 10.8. The zero-order valence-electron chi connectivity index (χ0n) is 59.0. The molecule has 0 aromatic heterocycles. The number of hydrogen-bond acceptors (Lipinski definition) is 5. The first-order chi connectivity index (χ1) is 43.6. The van der Waals surface area contributed by atoms with E-state index >= 15 is 0 Å². The molecular weight excluding hydrogens is 1080 g/mol. The molecule has 5 heteroatoms. The topological polar surface area (TPSA) is 72.8 Å². The molecule has 0 aromatic rings. The second-order valence-corrected chi connectivity index (χ2v) is 26.4. The molecule has 0 aliphatic heterocycles. The highest BCUT2D eigenvalue weighted by molar-refractivity contribution is 5.70. The van der Waals surface area contributed by atoms with Crippen molar-refractivity contribution in [3.8, 4) is 0 Å². The molecule has 0 aliphatic rings. The maximum absolute atomic E-state index is 12.4. The second kappa shape index (κ2) is 78.3. The number of aliphatic hydroxyl groups excluding tert-OH is 1. The molecule has 0 amide bonds. The Morgan fingerprint density at radius 2 is 0.489 bits per heavy atom. The summed E-state index contributed by atoms with van der Waals surface area (Å²) in [5, 5.41) is 9.73. The van der Waals surface area contributed by atoms with E-state index in [1.54, 1.807) is 0 Å². The van der Waals surface area contributed by atoms with Gasteiger partial charge in [-0.3, -0.25) is 9.59 Å². The summed E-state index contributed by atoms with van der Waals surface area (Å²) in [6, 6.07) is 0. The van der Waals surface area contributed by atoms with Gasteiger partial charge in [-0.2, -0.15) is 0 Å². The van der Waals surface area contributed by atoms with Crippen LogP contribution in [0, 0.1) is 0 Å². The van der Waals surface area contributed by atoms with Crippen molar-refractivity contribution in [1.82, 2.24) is 0 Å². The van der Waals surface area contributed by atoms with E-state index in [4.69, 9.17) is 9.47 Å². The van der Waals surface area contributed by atoms with Crippen LogP contribution in [-0.4, -0.2) is 36.4 Å². The zero-order valence-corrected chi connectivity index (χ0v) is 59.0. The van der Waals surface area contributed by atoms with Crippen LogP contribution in [0.4, 0.5) is 0 Å². The molecular formula is C83H150O5. The fourth-order valence-corrected chi connectivity index (χ4v) is 11.9. The van der Waals surface area contributed by atoms with Gasteiger partial charge in [0.05, 0.1) is 6.61 Å². The Labute approximate surface area is 549 Å². The van der Waals surface area contributed by atoms with Gasteiger partial charge < -0.3 is 14.6 Å². The van der Waals surface area contributed by atoms with Gasteiger partial charge in [-0.05, 0) is 89.9 Å². The molecule has 88 heavy (non-hydrogen) atoms. The van der Waals surface area contributed by atoms with E-state index < -0.39 is 6.10 Å². The molecule has 0 fully saturated rings. The third kappa shape index (κ3) is 75.5. The van der Waals surface area contributed by atoms with Crippen LogP contribution in [-0.2, 0) is 19.1 Å². The molecule has 1 atom stereocenters. The van der Waals surface area contributed by atoms with Crippen LogP contribution < -0.4 is 0 Å². The predicted molar refractivity (Wildman–Crippen MR) is 390 cm³/mol. The molecule has 1 N–H and O–H groups in total. The summed E-state index contributed by atoms with van der Waals surface area (Å²) >= 11 is 0. The van der Waals surface area contributed by atoms with E-state index in [2.05, 4.69) is 98.9 Å². The van der Waals surface area contributed by atoms with Crippen molar-refractivity contribution < 1.29 is 24.2 Å². The lowest BCUT2D eigenvalue weighted by Crippen LogP contribution is -2.28. The summed E-state index contributed by atoms with van der Waals surface area (Å²) in [6.07, 6.45) is 111. The highest BCUT2D eigenvalue weighted by Gasteiger charge is 2.16. The minimum atomic E-state index is -0.773. The Morgan fingerprint density at radius 1 is 0.273 bits per heavy atom. The average molecular weight is 1230 g/mol. The number of carbonyl (C=O) groups excluding carboxylic acids is 2. The highest BCUT2D eigenvalue weighted by atomic mass is 16.6. The van der Waals surface area contributed by atoms with Crippen LogP contribution in [0.25, 0.3) is 0 Å². The van der Waals surface area contributed by atoms with E-state index in [0.29, 0.717) is 12.8 Å². The Hall–Kier alpha value is -2.92. The van der Waals surface area contributed by atoms with Gasteiger partial charge in [0.1, 0.15) is 6.61 Å². The first kappa shape index (κ1) is 85.1. The van der Waals surface area contributed by atoms with E-state index in [0.717, 1.165) is 77.0 Å². The second-order valence-electron chi connectivity index (χ2n) is 26.4. The lowest BCUT2D eigenvalue weighted by atomic mass is 10.0. The van der Waals surface area contributed by atoms with Crippen molar-refractivity contribution in [1.29, 1.82) is 0 Å². The SMILES string of the molecule is CC/C=C\C/C=C\C/C=C\C/C=C\CCCCCCCCCCCCCCCCCCCCCCCCC(=O)OC(CO)COC(=O)CCCCCCCCCCCCCCCCCCCCCCCCCC/C=C\C/C=C\C/C=C\CCCCCCC. The predicted octanol–water partition coefficient (Wildman–Crippen LogP) is 27.6. The third-order valence-electron chi connectivity index (χ3n) is 17.7. The zero-order chi connectivity index (χ0) is 63.3. The van der Waals surface area contributed by atoms with E-state index in [1.165, 1.54) is 308 Å². The molecule has 512 valence electrons. The fourth-order valence-electron chi connectivity index (χ4n) is 11.9. The number of carbonyl (C=O) groups is 2. The lowest BCUT2D eigenvalue weighted by molar-refractivity contribution is -0.161. The van der Waals surface area contributed by atoms with Crippen molar-refractivity contribution in [2.45, 2.75) is 418 Å². The van der Waals surface area contributed by atoms with Crippen LogP contribution in [0.1, 0.15) is 412 Å². The van der Waals surface area contributed by atoms with Crippen LogP contribution in [0.3, 0.4) is 0 Å². The Kier molecular flexibility index (Phi) is 75.7. The maximum Gasteiger partial charge on any atom is 0.306 e. The van der Waals surface area contributed by atoms with Gasteiger partial charge in [0.15, 0.2) is 6.10 Å². The van der Waals surface area contributed by atoms with Crippen molar-refractivity contribution in [3.05, 3.63) is 85.1 Å². The summed E-state index contributed by atoms with van der Waals surface area (Å²) in [6.45, 7) is 4.07. The van der Waals surface area contributed by atoms with Crippen molar-refractivity contribution >= 4 is 11.9 Å². The van der Waals surface area contributed by atoms with Gasteiger partial charge >= 0.3 is 11.9 Å². The minimum Gasteiger partial charge on any atom is -0.462 e. The van der Waals surface area contributed by atoms with Gasteiger partial charge in [-0.1, -0.05) is 394 Å². The molecule has 5 nitrogen and oxygen atoms in total. The van der Waals surface area contributed by atoms with Crippen molar-refractivity contribution in [3.63, 3.8) is 0 Å². The number of allylic oxidation sites excluding steroid dienone is 14. The molecule has 0 spiro atoms. The van der Waals surface area contributed by atoms with E-state index in [1.807, 2.05) is 0 Å². The summed E-state index contributed by atoms with van der Waals surface area (Å²) in [5.41, 5.74) is 0. The third-order valence-corrected chi connectivity index (χ3v) is 17.7. The first-order valence-corrected chi connectivity index (χ1v) is 39.1.